The fourth-order valence-corrected chi connectivity index (χ4v) is 2.94. The summed E-state index contributed by atoms with van der Waals surface area (Å²) in [5, 5.41) is 12.9. The average molecular weight is 256 g/mol. The Morgan fingerprint density at radius 1 is 1.26 bits per heavy atom. The van der Waals surface area contributed by atoms with Gasteiger partial charge in [-0.05, 0) is 37.3 Å². The molecule has 0 aliphatic heterocycles. The summed E-state index contributed by atoms with van der Waals surface area (Å²) < 4.78 is 0. The van der Waals surface area contributed by atoms with Crippen molar-refractivity contribution in [1.82, 2.24) is 5.32 Å². The number of rotatable bonds is 4. The van der Waals surface area contributed by atoms with Crippen LogP contribution in [-0.4, -0.2) is 6.04 Å². The van der Waals surface area contributed by atoms with Crippen molar-refractivity contribution in [2.45, 2.75) is 58.0 Å². The monoisotopic (exact) mass is 256 g/mol. The van der Waals surface area contributed by atoms with Crippen molar-refractivity contribution in [3.05, 3.63) is 35.4 Å². The van der Waals surface area contributed by atoms with Crippen LogP contribution >= 0.6 is 0 Å². The summed E-state index contributed by atoms with van der Waals surface area (Å²) in [4.78, 5) is 0. The van der Waals surface area contributed by atoms with Crippen molar-refractivity contribution in [1.29, 1.82) is 5.26 Å². The van der Waals surface area contributed by atoms with E-state index in [0.29, 0.717) is 12.1 Å². The Morgan fingerprint density at radius 2 is 1.95 bits per heavy atom. The molecule has 2 nitrogen and oxygen atoms in total. The van der Waals surface area contributed by atoms with Gasteiger partial charge in [0.05, 0.1) is 12.0 Å². The highest BCUT2D eigenvalue weighted by molar-refractivity contribution is 5.24. The van der Waals surface area contributed by atoms with E-state index in [1.807, 2.05) is 0 Å². The quantitative estimate of drug-likeness (QED) is 0.884. The number of nitriles is 1. The molecule has 0 radical (unpaired) electrons. The predicted molar refractivity (Wildman–Crippen MR) is 78.7 cm³/mol. The van der Waals surface area contributed by atoms with E-state index in [0.717, 1.165) is 19.3 Å². The molecule has 1 fully saturated rings. The Hall–Kier alpha value is -1.33. The van der Waals surface area contributed by atoms with Crippen LogP contribution in [0, 0.1) is 17.2 Å². The highest BCUT2D eigenvalue weighted by Crippen LogP contribution is 2.26. The van der Waals surface area contributed by atoms with Gasteiger partial charge < -0.3 is 5.32 Å². The lowest BCUT2D eigenvalue weighted by Gasteiger charge is -2.30. The summed E-state index contributed by atoms with van der Waals surface area (Å²) in [6.45, 7) is 4.38. The summed E-state index contributed by atoms with van der Waals surface area (Å²) in [6.07, 6.45) is 5.72. The average Bonchev–Trinajstić information content (AvgIpc) is 2.48. The predicted octanol–water partition coefficient (Wildman–Crippen LogP) is 3.98. The van der Waals surface area contributed by atoms with E-state index < -0.39 is 0 Å². The standard InChI is InChI=1S/C17H24N2/c1-3-14-8-10-15(11-9-14)13(2)19-17-7-5-4-6-16(17)12-18/h8-11,13,16-17,19H,3-7H2,1-2H3. The smallest absolute Gasteiger partial charge is 0.0672 e. The third kappa shape index (κ3) is 3.58. The molecule has 19 heavy (non-hydrogen) atoms. The Morgan fingerprint density at radius 3 is 2.58 bits per heavy atom. The molecule has 1 saturated carbocycles. The van der Waals surface area contributed by atoms with E-state index in [2.05, 4.69) is 49.5 Å². The molecule has 1 N–H and O–H groups in total. The molecule has 102 valence electrons. The highest BCUT2D eigenvalue weighted by Gasteiger charge is 2.26. The van der Waals surface area contributed by atoms with Crippen LogP contribution in [0.1, 0.15) is 56.7 Å². The van der Waals surface area contributed by atoms with Crippen LogP contribution in [0.3, 0.4) is 0 Å². The first-order valence-electron chi connectivity index (χ1n) is 7.49. The molecule has 1 aliphatic carbocycles. The van der Waals surface area contributed by atoms with E-state index in [9.17, 15) is 5.26 Å². The fourth-order valence-electron chi connectivity index (χ4n) is 2.94. The zero-order valence-electron chi connectivity index (χ0n) is 12.0. The maximum Gasteiger partial charge on any atom is 0.0672 e. The van der Waals surface area contributed by atoms with Gasteiger partial charge in [-0.15, -0.1) is 0 Å². The molecule has 0 heterocycles. The Balaban J connectivity index is 1.99. The lowest BCUT2D eigenvalue weighted by atomic mass is 9.85. The Labute approximate surface area is 116 Å². The molecule has 0 saturated heterocycles. The minimum absolute atomic E-state index is 0.186. The largest absolute Gasteiger partial charge is 0.306 e. The zero-order valence-corrected chi connectivity index (χ0v) is 12.0. The molecular weight excluding hydrogens is 232 g/mol. The first-order chi connectivity index (χ1) is 9.24. The van der Waals surface area contributed by atoms with Crippen molar-refractivity contribution < 1.29 is 0 Å². The first-order valence-corrected chi connectivity index (χ1v) is 7.49. The maximum absolute atomic E-state index is 9.22. The second-order valence-corrected chi connectivity index (χ2v) is 5.61. The van der Waals surface area contributed by atoms with Gasteiger partial charge in [-0.3, -0.25) is 0 Å². The normalized spacial score (nSPS) is 24.7. The maximum atomic E-state index is 9.22. The summed E-state index contributed by atoms with van der Waals surface area (Å²) >= 11 is 0. The third-order valence-corrected chi connectivity index (χ3v) is 4.28. The number of hydrogen-bond donors (Lipinski definition) is 1. The molecule has 0 amide bonds. The van der Waals surface area contributed by atoms with Crippen molar-refractivity contribution in [2.24, 2.45) is 5.92 Å². The van der Waals surface area contributed by atoms with Crippen LogP contribution in [0.4, 0.5) is 0 Å². The molecule has 1 aliphatic rings. The summed E-state index contributed by atoms with van der Waals surface area (Å²) in [5.74, 6) is 0.186. The molecule has 2 rings (SSSR count). The Kier molecular flexibility index (Phi) is 4.99. The van der Waals surface area contributed by atoms with E-state index >= 15 is 0 Å². The van der Waals surface area contributed by atoms with Crippen molar-refractivity contribution in [3.8, 4) is 6.07 Å². The Bertz CT molecular complexity index is 430. The molecule has 1 aromatic rings. The molecular formula is C17H24N2. The van der Waals surface area contributed by atoms with Gasteiger partial charge in [0.15, 0.2) is 0 Å². The third-order valence-electron chi connectivity index (χ3n) is 4.28. The van der Waals surface area contributed by atoms with Crippen molar-refractivity contribution in [3.63, 3.8) is 0 Å². The summed E-state index contributed by atoms with van der Waals surface area (Å²) in [7, 11) is 0. The molecule has 3 atom stereocenters. The summed E-state index contributed by atoms with van der Waals surface area (Å²) in [6, 6.07) is 12.0. The molecule has 0 bridgehead atoms. The van der Waals surface area contributed by atoms with Gasteiger partial charge in [0.2, 0.25) is 0 Å². The molecule has 0 spiro atoms. The van der Waals surface area contributed by atoms with E-state index in [4.69, 9.17) is 0 Å². The SMILES string of the molecule is CCc1ccc(C(C)NC2CCCCC2C#N)cc1. The molecule has 2 heteroatoms. The van der Waals surface area contributed by atoms with Gasteiger partial charge in [0.25, 0.3) is 0 Å². The van der Waals surface area contributed by atoms with Gasteiger partial charge >= 0.3 is 0 Å². The minimum Gasteiger partial charge on any atom is -0.306 e. The van der Waals surface area contributed by atoms with Crippen LogP contribution in [-0.2, 0) is 6.42 Å². The van der Waals surface area contributed by atoms with Gasteiger partial charge in [-0.1, -0.05) is 44.0 Å². The zero-order chi connectivity index (χ0) is 13.7. The number of aryl methyl sites for hydroxylation is 1. The number of nitrogens with one attached hydrogen (secondary N) is 1. The molecule has 3 unspecified atom stereocenters. The fraction of sp³-hybridized carbons (Fsp3) is 0.588. The number of nitrogens with zero attached hydrogens (tertiary/aromatic N) is 1. The van der Waals surface area contributed by atoms with Crippen molar-refractivity contribution >= 4 is 0 Å². The lowest BCUT2D eigenvalue weighted by Crippen LogP contribution is -2.39. The minimum atomic E-state index is 0.186. The van der Waals surface area contributed by atoms with Crippen LogP contribution in [0.15, 0.2) is 24.3 Å². The van der Waals surface area contributed by atoms with E-state index in [1.54, 1.807) is 0 Å². The van der Waals surface area contributed by atoms with Gasteiger partial charge in [-0.2, -0.15) is 5.26 Å². The van der Waals surface area contributed by atoms with Gasteiger partial charge in [0, 0.05) is 12.1 Å². The topological polar surface area (TPSA) is 35.8 Å². The lowest BCUT2D eigenvalue weighted by molar-refractivity contribution is 0.292. The van der Waals surface area contributed by atoms with Gasteiger partial charge in [0.1, 0.15) is 0 Å². The van der Waals surface area contributed by atoms with Crippen LogP contribution in [0.25, 0.3) is 0 Å². The van der Waals surface area contributed by atoms with E-state index in [1.165, 1.54) is 24.0 Å². The van der Waals surface area contributed by atoms with E-state index in [-0.39, 0.29) is 5.92 Å². The summed E-state index contributed by atoms with van der Waals surface area (Å²) in [5.41, 5.74) is 2.70. The molecule has 1 aromatic carbocycles. The van der Waals surface area contributed by atoms with Crippen molar-refractivity contribution in [2.75, 3.05) is 0 Å². The number of hydrogen-bond acceptors (Lipinski definition) is 2. The first kappa shape index (κ1) is 14.1. The molecule has 0 aromatic heterocycles. The van der Waals surface area contributed by atoms with Crippen LogP contribution in [0.5, 0.6) is 0 Å². The van der Waals surface area contributed by atoms with Crippen LogP contribution in [0.2, 0.25) is 0 Å². The van der Waals surface area contributed by atoms with Crippen LogP contribution < -0.4 is 5.32 Å². The highest BCUT2D eigenvalue weighted by atomic mass is 15.0. The van der Waals surface area contributed by atoms with Gasteiger partial charge in [-0.25, -0.2) is 0 Å². The number of benzene rings is 1. The second kappa shape index (κ2) is 6.73. The second-order valence-electron chi connectivity index (χ2n) is 5.61.